The fraction of sp³-hybridized carbons (Fsp3) is 0.600. The molecule has 0 saturated carbocycles. The molecule has 0 atom stereocenters. The lowest BCUT2D eigenvalue weighted by atomic mass is 10.3. The van der Waals surface area contributed by atoms with Crippen molar-refractivity contribution in [3.05, 3.63) is 12.2 Å². The Bertz CT molecular complexity index is 99.6. The number of halogens is 1. The van der Waals surface area contributed by atoms with Gasteiger partial charge in [0.2, 0.25) is 0 Å². The Morgan fingerprint density at radius 1 is 1.20 bits per heavy atom. The van der Waals surface area contributed by atoms with Gasteiger partial charge in [-0.05, 0) is 6.08 Å². The van der Waals surface area contributed by atoms with E-state index in [1.165, 1.54) is 6.08 Å². The second-order valence-corrected chi connectivity index (χ2v) is 1.74. The Morgan fingerprint density at radius 2 is 1.70 bits per heavy atom. The standard InChI is InChI=1S/C5H11NO3.BrH/c6-4-2-1-3-5(7,8)9;/h1-2,7-9H,3-4,6H2;1H. The summed E-state index contributed by atoms with van der Waals surface area (Å²) < 4.78 is 0. The number of hydrogen-bond donors (Lipinski definition) is 4. The Hall–Kier alpha value is 0.0600. The van der Waals surface area contributed by atoms with Crippen molar-refractivity contribution in [2.45, 2.75) is 12.4 Å². The molecule has 0 aliphatic rings. The minimum atomic E-state index is -2.56. The summed E-state index contributed by atoms with van der Waals surface area (Å²) in [5.74, 6) is -2.56. The molecule has 6 N–H and O–H groups in total. The molecule has 62 valence electrons. The molecule has 5 heteroatoms. The summed E-state index contributed by atoms with van der Waals surface area (Å²) in [7, 11) is 0. The van der Waals surface area contributed by atoms with Gasteiger partial charge in [-0.3, -0.25) is 0 Å². The maximum absolute atomic E-state index is 8.28. The van der Waals surface area contributed by atoms with Crippen LogP contribution >= 0.6 is 0 Å². The Kier molecular flexibility index (Phi) is 7.39. The average Bonchev–Trinajstić information content (AvgIpc) is 1.63. The lowest BCUT2D eigenvalue weighted by molar-refractivity contribution is -0.353. The maximum Gasteiger partial charge on any atom is 0.278 e. The van der Waals surface area contributed by atoms with Crippen LogP contribution in [0.2, 0.25) is 0 Å². The van der Waals surface area contributed by atoms with Crippen LogP contribution in [-0.2, 0) is 0 Å². The van der Waals surface area contributed by atoms with Crippen LogP contribution < -0.4 is 22.7 Å². The van der Waals surface area contributed by atoms with E-state index in [1.54, 1.807) is 6.08 Å². The molecule has 0 spiro atoms. The quantitative estimate of drug-likeness (QED) is 0.280. The van der Waals surface area contributed by atoms with Crippen molar-refractivity contribution >= 4 is 0 Å². The van der Waals surface area contributed by atoms with Gasteiger partial charge in [0.15, 0.2) is 0 Å². The van der Waals surface area contributed by atoms with Crippen LogP contribution in [-0.4, -0.2) is 27.8 Å². The normalized spacial score (nSPS) is 11.6. The second kappa shape index (κ2) is 5.82. The van der Waals surface area contributed by atoms with Crippen molar-refractivity contribution in [1.29, 1.82) is 0 Å². The molecular weight excluding hydrogens is 202 g/mol. The summed E-state index contributed by atoms with van der Waals surface area (Å²) in [4.78, 5) is 0. The molecule has 0 aromatic heterocycles. The van der Waals surface area contributed by atoms with E-state index < -0.39 is 5.97 Å². The summed E-state index contributed by atoms with van der Waals surface area (Å²) in [5.41, 5.74) is 3.47. The van der Waals surface area contributed by atoms with E-state index in [1.807, 2.05) is 0 Å². The lowest BCUT2D eigenvalue weighted by Gasteiger charge is -2.09. The number of quaternary nitrogens is 1. The monoisotopic (exact) mass is 213 g/mol. The molecule has 0 aromatic carbocycles. The molecule has 4 nitrogen and oxygen atoms in total. The highest BCUT2D eigenvalue weighted by molar-refractivity contribution is 4.82. The summed E-state index contributed by atoms with van der Waals surface area (Å²) in [5, 5.41) is 24.9. The van der Waals surface area contributed by atoms with Gasteiger partial charge < -0.3 is 38.0 Å². The van der Waals surface area contributed by atoms with Crippen LogP contribution in [0.1, 0.15) is 6.42 Å². The van der Waals surface area contributed by atoms with E-state index in [0.29, 0.717) is 6.54 Å². The SMILES string of the molecule is [Br-].[NH3+]CC=CCC(O)(O)O. The van der Waals surface area contributed by atoms with Gasteiger partial charge in [-0.2, -0.15) is 0 Å². The topological polar surface area (TPSA) is 88.3 Å². The van der Waals surface area contributed by atoms with Crippen molar-refractivity contribution in [1.82, 2.24) is 0 Å². The average molecular weight is 214 g/mol. The predicted octanol–water partition coefficient (Wildman–Crippen LogP) is -5.19. The Morgan fingerprint density at radius 3 is 2.00 bits per heavy atom. The first-order valence-electron chi connectivity index (χ1n) is 2.67. The first-order valence-corrected chi connectivity index (χ1v) is 2.67. The van der Waals surface area contributed by atoms with Crippen molar-refractivity contribution in [3.63, 3.8) is 0 Å². The number of hydrogen-bond acceptors (Lipinski definition) is 3. The van der Waals surface area contributed by atoms with E-state index >= 15 is 0 Å². The van der Waals surface area contributed by atoms with Gasteiger partial charge >= 0.3 is 0 Å². The molecule has 0 saturated heterocycles. The van der Waals surface area contributed by atoms with E-state index in [-0.39, 0.29) is 23.4 Å². The van der Waals surface area contributed by atoms with Crippen molar-refractivity contribution in [3.8, 4) is 0 Å². The molecule has 0 aliphatic heterocycles. The van der Waals surface area contributed by atoms with Gasteiger partial charge in [0.1, 0.15) is 0 Å². The molecule has 10 heavy (non-hydrogen) atoms. The molecular formula is C5H12BrNO3. The minimum Gasteiger partial charge on any atom is -1.00 e. The molecule has 0 aliphatic carbocycles. The van der Waals surface area contributed by atoms with Crippen LogP contribution in [0.25, 0.3) is 0 Å². The zero-order valence-electron chi connectivity index (χ0n) is 5.50. The Balaban J connectivity index is 0. The van der Waals surface area contributed by atoms with Gasteiger partial charge in [-0.15, -0.1) is 0 Å². The van der Waals surface area contributed by atoms with Gasteiger partial charge in [0, 0.05) is 6.42 Å². The molecule has 0 unspecified atom stereocenters. The number of aliphatic hydroxyl groups is 3. The molecule has 0 heterocycles. The molecule has 0 fully saturated rings. The van der Waals surface area contributed by atoms with Crippen LogP contribution in [0.3, 0.4) is 0 Å². The summed E-state index contributed by atoms with van der Waals surface area (Å²) in [6.45, 7) is 0.579. The lowest BCUT2D eigenvalue weighted by Crippen LogP contribution is -3.00. The van der Waals surface area contributed by atoms with Gasteiger partial charge in [0.05, 0.1) is 6.54 Å². The van der Waals surface area contributed by atoms with E-state index in [0.717, 1.165) is 0 Å². The predicted molar refractivity (Wildman–Crippen MR) is 30.9 cm³/mol. The van der Waals surface area contributed by atoms with Crippen LogP contribution in [0.4, 0.5) is 0 Å². The second-order valence-electron chi connectivity index (χ2n) is 1.74. The smallest absolute Gasteiger partial charge is 0.278 e. The largest absolute Gasteiger partial charge is 1.00 e. The van der Waals surface area contributed by atoms with Crippen LogP contribution in [0.5, 0.6) is 0 Å². The van der Waals surface area contributed by atoms with Crippen LogP contribution in [0.15, 0.2) is 12.2 Å². The fourth-order valence-electron chi connectivity index (χ4n) is 0.359. The highest BCUT2D eigenvalue weighted by Gasteiger charge is 2.14. The minimum absolute atomic E-state index is 0. The zero-order valence-corrected chi connectivity index (χ0v) is 7.08. The Labute approximate surface area is 69.7 Å². The van der Waals surface area contributed by atoms with E-state index in [9.17, 15) is 0 Å². The van der Waals surface area contributed by atoms with Crippen molar-refractivity contribution < 1.29 is 38.0 Å². The summed E-state index contributed by atoms with van der Waals surface area (Å²) in [6, 6.07) is 0. The van der Waals surface area contributed by atoms with Crippen LogP contribution in [0, 0.1) is 0 Å². The molecule has 0 rings (SSSR count). The molecule has 0 amide bonds. The fourth-order valence-corrected chi connectivity index (χ4v) is 0.359. The van der Waals surface area contributed by atoms with E-state index in [2.05, 4.69) is 5.73 Å². The zero-order chi connectivity index (χ0) is 7.33. The first-order chi connectivity index (χ1) is 4.06. The highest BCUT2D eigenvalue weighted by atomic mass is 79.9. The van der Waals surface area contributed by atoms with Gasteiger partial charge in [-0.1, -0.05) is 6.08 Å². The van der Waals surface area contributed by atoms with E-state index in [4.69, 9.17) is 15.3 Å². The third-order valence-electron chi connectivity index (χ3n) is 0.725. The van der Waals surface area contributed by atoms with Crippen molar-refractivity contribution in [2.75, 3.05) is 6.54 Å². The summed E-state index contributed by atoms with van der Waals surface area (Å²) >= 11 is 0. The molecule has 0 bridgehead atoms. The highest BCUT2D eigenvalue weighted by Crippen LogP contribution is 1.99. The summed E-state index contributed by atoms with van der Waals surface area (Å²) in [6.07, 6.45) is 2.91. The number of rotatable bonds is 3. The molecule has 0 aromatic rings. The third-order valence-corrected chi connectivity index (χ3v) is 0.725. The van der Waals surface area contributed by atoms with Gasteiger partial charge in [-0.25, -0.2) is 0 Å². The van der Waals surface area contributed by atoms with Crippen molar-refractivity contribution in [2.24, 2.45) is 0 Å². The van der Waals surface area contributed by atoms with Gasteiger partial charge in [0.25, 0.3) is 5.97 Å². The third kappa shape index (κ3) is 10.9. The first kappa shape index (κ1) is 12.7. The maximum atomic E-state index is 8.28. The molecule has 0 radical (unpaired) electrons.